The van der Waals surface area contributed by atoms with Crippen LogP contribution in [0.2, 0.25) is 18.1 Å². The van der Waals surface area contributed by atoms with Gasteiger partial charge in [0, 0.05) is 18.9 Å². The van der Waals surface area contributed by atoms with Gasteiger partial charge < -0.3 is 19.0 Å². The number of aliphatic hydroxyl groups is 1. The summed E-state index contributed by atoms with van der Waals surface area (Å²) in [6, 6.07) is 5.67. The molecule has 1 heterocycles. The number of cyclic esters (lactones) is 1. The van der Waals surface area contributed by atoms with Crippen LogP contribution in [0.15, 0.2) is 55.2 Å². The number of benzene rings is 1. The molecule has 3 atom stereocenters. The number of aliphatic hydroxyl groups excluding tert-OH is 1. The molecule has 2 rings (SSSR count). The summed E-state index contributed by atoms with van der Waals surface area (Å²) < 4.78 is 17.5. The summed E-state index contributed by atoms with van der Waals surface area (Å²) in [5, 5.41) is 10.7. The first-order chi connectivity index (χ1) is 16.9. The van der Waals surface area contributed by atoms with E-state index in [1.807, 2.05) is 31.2 Å². The number of hydrogen-bond acceptors (Lipinski definition) is 6. The Labute approximate surface area is 217 Å². The fraction of sp³-hybridized carbons (Fsp3) is 0.517. The second-order valence-corrected chi connectivity index (χ2v) is 15.7. The first-order valence-electron chi connectivity index (χ1n) is 12.6. The highest BCUT2D eigenvalue weighted by atomic mass is 28.4. The molecule has 0 saturated heterocycles. The van der Waals surface area contributed by atoms with Crippen LogP contribution in [0, 0.1) is 5.92 Å². The van der Waals surface area contributed by atoms with Gasteiger partial charge in [-0.3, -0.25) is 0 Å². The lowest BCUT2D eigenvalue weighted by Gasteiger charge is -2.37. The molecule has 1 aromatic carbocycles. The molecule has 1 aliphatic heterocycles. The van der Waals surface area contributed by atoms with E-state index in [1.54, 1.807) is 6.08 Å². The lowest BCUT2D eigenvalue weighted by molar-refractivity contribution is -0.136. The number of carbonyl (C=O) groups is 2. The Kier molecular flexibility index (Phi) is 10.7. The fourth-order valence-electron chi connectivity index (χ4n) is 3.58. The van der Waals surface area contributed by atoms with Gasteiger partial charge in [0.05, 0.1) is 6.10 Å². The van der Waals surface area contributed by atoms with Crippen molar-refractivity contribution in [3.05, 3.63) is 66.3 Å². The van der Waals surface area contributed by atoms with Crippen molar-refractivity contribution in [1.29, 1.82) is 0 Å². The van der Waals surface area contributed by atoms with Crippen molar-refractivity contribution in [2.45, 2.75) is 83.7 Å². The van der Waals surface area contributed by atoms with E-state index in [1.165, 1.54) is 12.2 Å². The molecule has 7 heteroatoms. The fourth-order valence-corrected chi connectivity index (χ4v) is 4.61. The molecular formula is C29H42O6Si. The molecule has 1 aliphatic rings. The summed E-state index contributed by atoms with van der Waals surface area (Å²) in [5.41, 5.74) is 1.26. The summed E-state index contributed by atoms with van der Waals surface area (Å²) in [6.45, 7) is 16.4. The molecule has 0 saturated carbocycles. The number of carbonyl (C=O) groups excluding carboxylic acids is 2. The minimum atomic E-state index is -2.22. The lowest BCUT2D eigenvalue weighted by Crippen LogP contribution is -2.44. The standard InChI is InChI=1S/C29H42O6Si/c1-8-19-33-26(31)18-12-16-23-20-24(30)21(2)13-9-10-14-22-15-11-17-25(27(22)28(32)34-23)35-36(6,7)29(3,4)5/h8-12,15,17-18,21,23-24,30H,1,13-14,16,19-20H2,2-7H3/t21-,23?,24+/m0/s1. The molecule has 0 spiro atoms. The highest BCUT2D eigenvalue weighted by Crippen LogP contribution is 2.39. The van der Waals surface area contributed by atoms with Gasteiger partial charge in [0.1, 0.15) is 24.0 Å². The van der Waals surface area contributed by atoms with E-state index < -0.39 is 32.5 Å². The van der Waals surface area contributed by atoms with Gasteiger partial charge in [-0.05, 0) is 48.5 Å². The molecule has 1 N–H and O–H groups in total. The number of fused-ring (bicyclic) bond motifs is 1. The molecule has 0 amide bonds. The molecule has 1 unspecified atom stereocenters. The maximum atomic E-state index is 13.6. The van der Waals surface area contributed by atoms with Crippen molar-refractivity contribution < 1.29 is 28.6 Å². The van der Waals surface area contributed by atoms with Crippen LogP contribution in [-0.2, 0) is 20.7 Å². The van der Waals surface area contributed by atoms with Gasteiger partial charge in [0.2, 0.25) is 0 Å². The molecule has 36 heavy (non-hydrogen) atoms. The zero-order valence-corrected chi connectivity index (χ0v) is 23.6. The highest BCUT2D eigenvalue weighted by molar-refractivity contribution is 6.74. The molecule has 1 aromatic rings. The van der Waals surface area contributed by atoms with Gasteiger partial charge in [0.15, 0.2) is 0 Å². The van der Waals surface area contributed by atoms with Crippen LogP contribution in [0.25, 0.3) is 0 Å². The topological polar surface area (TPSA) is 82.1 Å². The number of ether oxygens (including phenoxy) is 2. The maximum Gasteiger partial charge on any atom is 0.342 e. The molecular weight excluding hydrogens is 472 g/mol. The van der Waals surface area contributed by atoms with Crippen LogP contribution >= 0.6 is 0 Å². The Morgan fingerprint density at radius 2 is 2.00 bits per heavy atom. The second-order valence-electron chi connectivity index (χ2n) is 10.9. The first-order valence-corrected chi connectivity index (χ1v) is 15.6. The molecule has 0 bridgehead atoms. The average Bonchev–Trinajstić information content (AvgIpc) is 2.78. The third-order valence-electron chi connectivity index (χ3n) is 6.93. The second kappa shape index (κ2) is 13.1. The Morgan fingerprint density at radius 1 is 1.28 bits per heavy atom. The maximum absolute atomic E-state index is 13.6. The quantitative estimate of drug-likeness (QED) is 0.203. The Balaban J connectivity index is 2.41. The van der Waals surface area contributed by atoms with E-state index in [9.17, 15) is 14.7 Å². The first kappa shape index (κ1) is 29.6. The summed E-state index contributed by atoms with van der Waals surface area (Å²) in [4.78, 5) is 25.4. The molecule has 0 aromatic heterocycles. The van der Waals surface area contributed by atoms with Crippen molar-refractivity contribution >= 4 is 20.3 Å². The summed E-state index contributed by atoms with van der Waals surface area (Å²) in [6.07, 6.45) is 9.02. The van der Waals surface area contributed by atoms with Crippen LogP contribution in [0.1, 0.15) is 62.9 Å². The van der Waals surface area contributed by atoms with Crippen molar-refractivity contribution in [1.82, 2.24) is 0 Å². The smallest absolute Gasteiger partial charge is 0.342 e. The van der Waals surface area contributed by atoms with Gasteiger partial charge >= 0.3 is 11.9 Å². The predicted octanol–water partition coefficient (Wildman–Crippen LogP) is 6.16. The number of hydrogen-bond donors (Lipinski definition) is 1. The molecule has 198 valence electrons. The summed E-state index contributed by atoms with van der Waals surface area (Å²) >= 11 is 0. The van der Waals surface area contributed by atoms with Crippen molar-refractivity contribution in [2.75, 3.05) is 6.61 Å². The minimum Gasteiger partial charge on any atom is -0.543 e. The highest BCUT2D eigenvalue weighted by Gasteiger charge is 2.40. The van der Waals surface area contributed by atoms with Crippen molar-refractivity contribution in [2.24, 2.45) is 5.92 Å². The van der Waals surface area contributed by atoms with E-state index >= 15 is 0 Å². The van der Waals surface area contributed by atoms with Crippen LogP contribution in [0.5, 0.6) is 5.75 Å². The van der Waals surface area contributed by atoms with Crippen molar-refractivity contribution in [3.8, 4) is 5.75 Å². The minimum absolute atomic E-state index is 0.00358. The normalized spacial score (nSPS) is 21.6. The molecule has 6 nitrogen and oxygen atoms in total. The number of allylic oxidation sites excluding steroid dienone is 2. The van der Waals surface area contributed by atoms with Gasteiger partial charge in [-0.1, -0.05) is 70.7 Å². The third-order valence-corrected chi connectivity index (χ3v) is 11.3. The Bertz CT molecular complexity index is 972. The SMILES string of the molecule is C=CCOC(=O)C=CCC1C[C@@H](O)[C@@H](C)CC=CCc2cccc(O[Si](C)(C)C(C)(C)C)c2C(=O)O1. The lowest BCUT2D eigenvalue weighted by atomic mass is 9.93. The average molecular weight is 515 g/mol. The van der Waals surface area contributed by atoms with Crippen LogP contribution < -0.4 is 4.43 Å². The van der Waals surface area contributed by atoms with Crippen LogP contribution in [0.4, 0.5) is 0 Å². The molecule has 0 radical (unpaired) electrons. The number of esters is 2. The molecule has 0 aliphatic carbocycles. The van der Waals surface area contributed by atoms with E-state index in [-0.39, 0.29) is 30.4 Å². The Hall–Kier alpha value is -2.64. The van der Waals surface area contributed by atoms with Gasteiger partial charge in [-0.15, -0.1) is 0 Å². The van der Waals surface area contributed by atoms with E-state index in [0.29, 0.717) is 24.2 Å². The number of rotatable bonds is 7. The summed E-state index contributed by atoms with van der Waals surface area (Å²) in [7, 11) is -2.22. The zero-order chi connectivity index (χ0) is 26.9. The third kappa shape index (κ3) is 8.49. The van der Waals surface area contributed by atoms with Gasteiger partial charge in [-0.25, -0.2) is 9.59 Å². The monoisotopic (exact) mass is 514 g/mol. The molecule has 0 fully saturated rings. The van der Waals surface area contributed by atoms with Gasteiger partial charge in [0.25, 0.3) is 8.32 Å². The van der Waals surface area contributed by atoms with E-state index in [4.69, 9.17) is 13.9 Å². The van der Waals surface area contributed by atoms with E-state index in [2.05, 4.69) is 46.5 Å². The van der Waals surface area contributed by atoms with Crippen molar-refractivity contribution in [3.63, 3.8) is 0 Å². The predicted molar refractivity (Wildman–Crippen MR) is 146 cm³/mol. The summed E-state index contributed by atoms with van der Waals surface area (Å²) in [5.74, 6) is -0.452. The largest absolute Gasteiger partial charge is 0.543 e. The van der Waals surface area contributed by atoms with E-state index in [0.717, 1.165) is 5.56 Å². The van der Waals surface area contributed by atoms with Crippen LogP contribution in [0.3, 0.4) is 0 Å². The van der Waals surface area contributed by atoms with Gasteiger partial charge in [-0.2, -0.15) is 0 Å². The van der Waals surface area contributed by atoms with Crippen LogP contribution in [-0.4, -0.2) is 44.2 Å². The zero-order valence-electron chi connectivity index (χ0n) is 22.6. The Morgan fingerprint density at radius 3 is 2.67 bits per heavy atom.